The predicted molar refractivity (Wildman–Crippen MR) is 116 cm³/mol. The molecule has 0 atom stereocenters. The maximum absolute atomic E-state index is 12.2. The second-order valence-corrected chi connectivity index (χ2v) is 8.14. The highest BCUT2D eigenvalue weighted by atomic mass is 32.1. The third-order valence-corrected chi connectivity index (χ3v) is 5.65. The van der Waals surface area contributed by atoms with Crippen molar-refractivity contribution in [3.05, 3.63) is 53.0 Å². The summed E-state index contributed by atoms with van der Waals surface area (Å²) < 4.78 is 5.21. The van der Waals surface area contributed by atoms with Gasteiger partial charge in [-0.3, -0.25) is 9.59 Å². The number of benzene rings is 1. The van der Waals surface area contributed by atoms with Gasteiger partial charge in [0, 0.05) is 36.4 Å². The molecule has 152 valence electrons. The summed E-state index contributed by atoms with van der Waals surface area (Å²) in [5.74, 6) is 0.666. The number of hydrogen-bond acceptors (Lipinski definition) is 8. The Hall–Kier alpha value is -3.37. The summed E-state index contributed by atoms with van der Waals surface area (Å²) >= 11 is 2.88. The summed E-state index contributed by atoms with van der Waals surface area (Å²) in [7, 11) is 0. The van der Waals surface area contributed by atoms with Gasteiger partial charge in [-0.15, -0.1) is 22.7 Å². The Bertz CT molecular complexity index is 1150. The lowest BCUT2D eigenvalue weighted by Crippen LogP contribution is -2.12. The summed E-state index contributed by atoms with van der Waals surface area (Å²) in [4.78, 5) is 33.0. The number of nitrogens with zero attached hydrogens (tertiary/aromatic N) is 3. The van der Waals surface area contributed by atoms with Crippen LogP contribution in [-0.4, -0.2) is 26.9 Å². The largest absolute Gasteiger partial charge is 0.339 e. The maximum atomic E-state index is 12.2. The molecule has 0 aliphatic carbocycles. The van der Waals surface area contributed by atoms with Crippen molar-refractivity contribution < 1.29 is 14.1 Å². The zero-order chi connectivity index (χ0) is 20.9. The molecule has 0 saturated heterocycles. The van der Waals surface area contributed by atoms with Gasteiger partial charge in [0.05, 0.1) is 10.6 Å². The standard InChI is InChI=1S/C20H17N5O3S2/c1-12(26)21-14-6-4-13(5-7-14)15-11-30-20(22-15)23-17(27)8-9-18-24-19(25-28-18)16-3-2-10-29-16/h2-7,10-11H,8-9H2,1H3,(H,21,26)(H,22,23,27). The molecule has 0 unspecified atom stereocenters. The van der Waals surface area contributed by atoms with Crippen LogP contribution in [-0.2, 0) is 16.0 Å². The monoisotopic (exact) mass is 439 g/mol. The normalized spacial score (nSPS) is 10.7. The van der Waals surface area contributed by atoms with E-state index in [0.29, 0.717) is 23.3 Å². The van der Waals surface area contributed by atoms with Crippen LogP contribution < -0.4 is 10.6 Å². The molecule has 0 fully saturated rings. The number of aromatic nitrogens is 3. The molecule has 0 aliphatic heterocycles. The van der Waals surface area contributed by atoms with Crippen molar-refractivity contribution in [1.29, 1.82) is 0 Å². The molecule has 0 aliphatic rings. The first kappa shape index (κ1) is 19.9. The average Bonchev–Trinajstić information content (AvgIpc) is 3.48. The number of anilines is 2. The smallest absolute Gasteiger partial charge is 0.227 e. The third kappa shape index (κ3) is 4.97. The van der Waals surface area contributed by atoms with E-state index in [4.69, 9.17) is 4.52 Å². The van der Waals surface area contributed by atoms with Crippen LogP contribution in [0.2, 0.25) is 0 Å². The molecule has 0 spiro atoms. The lowest BCUT2D eigenvalue weighted by Gasteiger charge is -2.03. The molecule has 0 bridgehead atoms. The van der Waals surface area contributed by atoms with Gasteiger partial charge < -0.3 is 15.2 Å². The molecule has 2 N–H and O–H groups in total. The highest BCUT2D eigenvalue weighted by Crippen LogP contribution is 2.26. The summed E-state index contributed by atoms with van der Waals surface area (Å²) in [6, 6.07) is 11.2. The fourth-order valence-electron chi connectivity index (χ4n) is 2.66. The van der Waals surface area contributed by atoms with E-state index in [0.717, 1.165) is 21.8 Å². The summed E-state index contributed by atoms with van der Waals surface area (Å²) in [5, 5.41) is 13.8. The van der Waals surface area contributed by atoms with Gasteiger partial charge >= 0.3 is 0 Å². The molecule has 3 heterocycles. The second kappa shape index (κ2) is 8.97. The van der Waals surface area contributed by atoms with E-state index in [1.165, 1.54) is 29.6 Å². The SMILES string of the molecule is CC(=O)Nc1ccc(-c2csc(NC(=O)CCc3nc(-c4cccs4)no3)n2)cc1. The highest BCUT2D eigenvalue weighted by molar-refractivity contribution is 7.14. The predicted octanol–water partition coefficient (Wildman–Crippen LogP) is 4.45. The van der Waals surface area contributed by atoms with Crippen molar-refractivity contribution in [2.45, 2.75) is 19.8 Å². The van der Waals surface area contributed by atoms with Crippen LogP contribution >= 0.6 is 22.7 Å². The van der Waals surface area contributed by atoms with Gasteiger partial charge in [-0.05, 0) is 23.6 Å². The first-order chi connectivity index (χ1) is 14.6. The summed E-state index contributed by atoms with van der Waals surface area (Å²) in [5.41, 5.74) is 2.37. The summed E-state index contributed by atoms with van der Waals surface area (Å²) in [6.45, 7) is 1.46. The Morgan fingerprint density at radius 1 is 1.07 bits per heavy atom. The first-order valence-electron chi connectivity index (χ1n) is 9.07. The quantitative estimate of drug-likeness (QED) is 0.440. The van der Waals surface area contributed by atoms with Crippen LogP contribution in [0, 0.1) is 0 Å². The molecular weight excluding hydrogens is 422 g/mol. The molecule has 3 aromatic heterocycles. The van der Waals surface area contributed by atoms with Crippen molar-refractivity contribution in [1.82, 2.24) is 15.1 Å². The molecule has 4 aromatic rings. The average molecular weight is 440 g/mol. The van der Waals surface area contributed by atoms with Gasteiger partial charge in [0.1, 0.15) is 0 Å². The van der Waals surface area contributed by atoms with Crippen LogP contribution in [0.15, 0.2) is 51.7 Å². The van der Waals surface area contributed by atoms with Crippen molar-refractivity contribution in [2.75, 3.05) is 10.6 Å². The van der Waals surface area contributed by atoms with Gasteiger partial charge in [-0.25, -0.2) is 4.98 Å². The van der Waals surface area contributed by atoms with Crippen molar-refractivity contribution in [3.63, 3.8) is 0 Å². The van der Waals surface area contributed by atoms with E-state index in [1.807, 2.05) is 47.2 Å². The number of nitrogens with one attached hydrogen (secondary N) is 2. The minimum Gasteiger partial charge on any atom is -0.339 e. The Morgan fingerprint density at radius 2 is 1.90 bits per heavy atom. The number of hydrogen-bond donors (Lipinski definition) is 2. The van der Waals surface area contributed by atoms with E-state index in [-0.39, 0.29) is 18.2 Å². The summed E-state index contributed by atoms with van der Waals surface area (Å²) in [6.07, 6.45) is 0.569. The van der Waals surface area contributed by atoms with E-state index >= 15 is 0 Å². The van der Waals surface area contributed by atoms with Crippen LogP contribution in [0.1, 0.15) is 19.2 Å². The molecule has 4 rings (SSSR count). The lowest BCUT2D eigenvalue weighted by atomic mass is 10.1. The minimum atomic E-state index is -0.173. The second-order valence-electron chi connectivity index (χ2n) is 6.33. The first-order valence-corrected chi connectivity index (χ1v) is 10.8. The van der Waals surface area contributed by atoms with E-state index in [1.54, 1.807) is 0 Å². The van der Waals surface area contributed by atoms with Gasteiger partial charge in [0.15, 0.2) is 5.13 Å². The number of thiazole rings is 1. The molecule has 0 radical (unpaired) electrons. The Kier molecular flexibility index (Phi) is 5.96. The molecule has 1 aromatic carbocycles. The molecular formula is C20H17N5O3S2. The fourth-order valence-corrected chi connectivity index (χ4v) is 4.04. The Morgan fingerprint density at radius 3 is 2.63 bits per heavy atom. The molecule has 2 amide bonds. The molecule has 30 heavy (non-hydrogen) atoms. The third-order valence-electron chi connectivity index (χ3n) is 4.03. The van der Waals surface area contributed by atoms with Crippen LogP contribution in [0.4, 0.5) is 10.8 Å². The van der Waals surface area contributed by atoms with Gasteiger partial charge in [0.2, 0.25) is 23.5 Å². The number of carbonyl (C=O) groups is 2. The fraction of sp³-hybridized carbons (Fsp3) is 0.150. The van der Waals surface area contributed by atoms with Gasteiger partial charge in [-0.1, -0.05) is 23.4 Å². The van der Waals surface area contributed by atoms with Crippen LogP contribution in [0.25, 0.3) is 22.0 Å². The lowest BCUT2D eigenvalue weighted by molar-refractivity contribution is -0.116. The zero-order valence-electron chi connectivity index (χ0n) is 15.9. The van der Waals surface area contributed by atoms with E-state index < -0.39 is 0 Å². The van der Waals surface area contributed by atoms with Crippen LogP contribution in [0.3, 0.4) is 0 Å². The minimum absolute atomic E-state index is 0.121. The number of thiophene rings is 1. The number of amides is 2. The highest BCUT2D eigenvalue weighted by Gasteiger charge is 2.13. The van der Waals surface area contributed by atoms with Crippen LogP contribution in [0.5, 0.6) is 0 Å². The molecule has 10 heteroatoms. The number of rotatable bonds is 7. The zero-order valence-corrected chi connectivity index (χ0v) is 17.5. The Labute approximate surface area is 180 Å². The van der Waals surface area contributed by atoms with Gasteiger partial charge in [-0.2, -0.15) is 4.98 Å². The maximum Gasteiger partial charge on any atom is 0.227 e. The number of carbonyl (C=O) groups excluding carboxylic acids is 2. The van der Waals surface area contributed by atoms with E-state index in [9.17, 15) is 9.59 Å². The molecule has 0 saturated carbocycles. The Balaban J connectivity index is 1.31. The van der Waals surface area contributed by atoms with Crippen molar-refractivity contribution >= 4 is 45.3 Å². The van der Waals surface area contributed by atoms with Crippen molar-refractivity contribution in [2.24, 2.45) is 0 Å². The topological polar surface area (TPSA) is 110 Å². The van der Waals surface area contributed by atoms with Gasteiger partial charge in [0.25, 0.3) is 0 Å². The van der Waals surface area contributed by atoms with Crippen molar-refractivity contribution in [3.8, 4) is 22.0 Å². The van der Waals surface area contributed by atoms with E-state index in [2.05, 4.69) is 25.8 Å². The number of aryl methyl sites for hydroxylation is 1. The molecule has 8 nitrogen and oxygen atoms in total.